The highest BCUT2D eigenvalue weighted by Gasteiger charge is 2.32. The molecule has 1 aliphatic heterocycles. The van der Waals surface area contributed by atoms with Crippen LogP contribution in [0.25, 0.3) is 0 Å². The van der Waals surface area contributed by atoms with Crippen LogP contribution in [0.15, 0.2) is 24.3 Å². The number of nitrogens with one attached hydrogen (secondary N) is 1. The summed E-state index contributed by atoms with van der Waals surface area (Å²) >= 11 is 0. The molecule has 1 aliphatic rings. The minimum Gasteiger partial charge on any atom is -0.396 e. The minimum absolute atomic E-state index is 0.130. The van der Waals surface area contributed by atoms with Crippen LogP contribution >= 0.6 is 0 Å². The van der Waals surface area contributed by atoms with Gasteiger partial charge in [-0.2, -0.15) is 0 Å². The molecule has 3 nitrogen and oxygen atoms in total. The van der Waals surface area contributed by atoms with E-state index in [-0.39, 0.29) is 6.61 Å². The van der Waals surface area contributed by atoms with E-state index < -0.39 is 5.60 Å². The van der Waals surface area contributed by atoms with Gasteiger partial charge in [0.2, 0.25) is 0 Å². The van der Waals surface area contributed by atoms with E-state index in [1.807, 2.05) is 24.3 Å². The molecule has 0 atom stereocenters. The van der Waals surface area contributed by atoms with Crippen LogP contribution in [-0.4, -0.2) is 29.9 Å². The summed E-state index contributed by atoms with van der Waals surface area (Å²) in [5, 5.41) is 22.9. The van der Waals surface area contributed by atoms with Crippen molar-refractivity contribution < 1.29 is 10.2 Å². The zero-order valence-corrected chi connectivity index (χ0v) is 9.45. The lowest BCUT2D eigenvalue weighted by atomic mass is 9.82. The summed E-state index contributed by atoms with van der Waals surface area (Å²) in [5.41, 5.74) is 1.34. The van der Waals surface area contributed by atoms with Crippen LogP contribution in [0.4, 0.5) is 0 Å². The summed E-state index contributed by atoms with van der Waals surface area (Å²) in [7, 11) is 0. The van der Waals surface area contributed by atoms with E-state index in [9.17, 15) is 5.11 Å². The van der Waals surface area contributed by atoms with E-state index in [1.54, 1.807) is 0 Å². The summed E-state index contributed by atoms with van der Waals surface area (Å²) in [6, 6.07) is 7.89. The topological polar surface area (TPSA) is 52.5 Å². The van der Waals surface area contributed by atoms with Crippen molar-refractivity contribution in [3.8, 4) is 0 Å². The van der Waals surface area contributed by atoms with E-state index in [0.717, 1.165) is 37.1 Å². The Morgan fingerprint density at radius 1 is 1.19 bits per heavy atom. The minimum atomic E-state index is -0.711. The normalized spacial score (nSPS) is 19.6. The summed E-state index contributed by atoms with van der Waals surface area (Å²) < 4.78 is 0. The first-order valence-electron chi connectivity index (χ1n) is 5.88. The van der Waals surface area contributed by atoms with Crippen LogP contribution in [0, 0.1) is 0 Å². The van der Waals surface area contributed by atoms with E-state index in [4.69, 9.17) is 5.11 Å². The molecule has 16 heavy (non-hydrogen) atoms. The highest BCUT2D eigenvalue weighted by Crippen LogP contribution is 2.32. The Balaban J connectivity index is 2.30. The van der Waals surface area contributed by atoms with Gasteiger partial charge in [0, 0.05) is 6.61 Å². The Bertz CT molecular complexity index is 346. The molecule has 1 aromatic carbocycles. The molecule has 2 rings (SSSR count). The molecule has 0 unspecified atom stereocenters. The van der Waals surface area contributed by atoms with Crippen LogP contribution in [0.2, 0.25) is 0 Å². The van der Waals surface area contributed by atoms with E-state index in [0.29, 0.717) is 6.42 Å². The van der Waals surface area contributed by atoms with Crippen LogP contribution in [0.1, 0.15) is 24.0 Å². The molecule has 0 radical (unpaired) electrons. The van der Waals surface area contributed by atoms with Crippen molar-refractivity contribution in [3.05, 3.63) is 35.4 Å². The van der Waals surface area contributed by atoms with Gasteiger partial charge in [0.1, 0.15) is 0 Å². The Labute approximate surface area is 96.1 Å². The molecule has 1 fully saturated rings. The van der Waals surface area contributed by atoms with E-state index >= 15 is 0 Å². The zero-order valence-electron chi connectivity index (χ0n) is 9.45. The maximum absolute atomic E-state index is 10.6. The number of piperidine rings is 1. The number of hydrogen-bond acceptors (Lipinski definition) is 3. The molecule has 0 spiro atoms. The molecule has 1 aromatic rings. The third-order valence-electron chi connectivity index (χ3n) is 3.33. The number of aliphatic hydroxyl groups is 2. The standard InChI is InChI=1S/C13H19NO2/c15-10-5-11-3-1-2-4-12(11)13(16)6-8-14-9-7-13/h1-4,14-16H,5-10H2. The predicted octanol–water partition coefficient (Wildman–Crippen LogP) is 0.792. The van der Waals surface area contributed by atoms with Gasteiger partial charge in [-0.05, 0) is 43.5 Å². The smallest absolute Gasteiger partial charge is 0.0923 e. The second-order valence-corrected chi connectivity index (χ2v) is 4.41. The predicted molar refractivity (Wildman–Crippen MR) is 63.2 cm³/mol. The molecule has 0 saturated carbocycles. The zero-order chi connectivity index (χ0) is 11.4. The molecule has 1 saturated heterocycles. The molecule has 88 valence electrons. The lowest BCUT2D eigenvalue weighted by Gasteiger charge is -2.34. The van der Waals surface area contributed by atoms with Gasteiger partial charge in [0.05, 0.1) is 5.60 Å². The molecule has 0 amide bonds. The fourth-order valence-electron chi connectivity index (χ4n) is 2.42. The van der Waals surface area contributed by atoms with Crippen LogP contribution < -0.4 is 5.32 Å². The second-order valence-electron chi connectivity index (χ2n) is 4.41. The van der Waals surface area contributed by atoms with Gasteiger partial charge in [-0.15, -0.1) is 0 Å². The fraction of sp³-hybridized carbons (Fsp3) is 0.538. The van der Waals surface area contributed by atoms with E-state index in [1.165, 1.54) is 0 Å². The van der Waals surface area contributed by atoms with Gasteiger partial charge in [-0.3, -0.25) is 0 Å². The molecule has 3 heteroatoms. The quantitative estimate of drug-likeness (QED) is 0.707. The Morgan fingerprint density at radius 2 is 1.88 bits per heavy atom. The fourth-order valence-corrected chi connectivity index (χ4v) is 2.42. The third-order valence-corrected chi connectivity index (χ3v) is 3.33. The summed E-state index contributed by atoms with van der Waals surface area (Å²) in [6.07, 6.45) is 2.11. The molecule has 0 aromatic heterocycles. The molecule has 1 heterocycles. The summed E-state index contributed by atoms with van der Waals surface area (Å²) in [5.74, 6) is 0. The second kappa shape index (κ2) is 4.95. The average Bonchev–Trinajstić information content (AvgIpc) is 2.31. The highest BCUT2D eigenvalue weighted by molar-refractivity contribution is 5.33. The average molecular weight is 221 g/mol. The number of rotatable bonds is 3. The van der Waals surface area contributed by atoms with Crippen molar-refractivity contribution in [2.45, 2.75) is 24.9 Å². The van der Waals surface area contributed by atoms with Crippen molar-refractivity contribution >= 4 is 0 Å². The first kappa shape index (κ1) is 11.6. The summed E-state index contributed by atoms with van der Waals surface area (Å²) in [4.78, 5) is 0. The van der Waals surface area contributed by atoms with Crippen molar-refractivity contribution in [2.75, 3.05) is 19.7 Å². The Morgan fingerprint density at radius 3 is 2.56 bits per heavy atom. The van der Waals surface area contributed by atoms with Gasteiger partial charge in [0.15, 0.2) is 0 Å². The van der Waals surface area contributed by atoms with Crippen molar-refractivity contribution in [1.82, 2.24) is 5.32 Å². The lowest BCUT2D eigenvalue weighted by Crippen LogP contribution is -2.40. The lowest BCUT2D eigenvalue weighted by molar-refractivity contribution is 0.00502. The number of aliphatic hydroxyl groups excluding tert-OH is 1. The van der Waals surface area contributed by atoms with Crippen molar-refractivity contribution in [3.63, 3.8) is 0 Å². The SMILES string of the molecule is OCCc1ccccc1C1(O)CCNCC1. The van der Waals surface area contributed by atoms with Crippen LogP contribution in [0.3, 0.4) is 0 Å². The highest BCUT2D eigenvalue weighted by atomic mass is 16.3. The number of benzene rings is 1. The van der Waals surface area contributed by atoms with Gasteiger partial charge in [-0.1, -0.05) is 24.3 Å². The molecule has 3 N–H and O–H groups in total. The maximum Gasteiger partial charge on any atom is 0.0923 e. The monoisotopic (exact) mass is 221 g/mol. The van der Waals surface area contributed by atoms with Gasteiger partial charge in [0.25, 0.3) is 0 Å². The van der Waals surface area contributed by atoms with Crippen molar-refractivity contribution in [1.29, 1.82) is 0 Å². The molecule has 0 aliphatic carbocycles. The largest absolute Gasteiger partial charge is 0.396 e. The van der Waals surface area contributed by atoms with E-state index in [2.05, 4.69) is 5.32 Å². The Hall–Kier alpha value is -0.900. The van der Waals surface area contributed by atoms with Gasteiger partial charge >= 0.3 is 0 Å². The third kappa shape index (κ3) is 2.26. The van der Waals surface area contributed by atoms with Gasteiger partial charge in [-0.25, -0.2) is 0 Å². The van der Waals surface area contributed by atoms with Crippen LogP contribution in [0.5, 0.6) is 0 Å². The maximum atomic E-state index is 10.6. The molecule has 0 bridgehead atoms. The summed E-state index contributed by atoms with van der Waals surface area (Å²) in [6.45, 7) is 1.83. The van der Waals surface area contributed by atoms with Crippen molar-refractivity contribution in [2.24, 2.45) is 0 Å². The molecular weight excluding hydrogens is 202 g/mol. The first-order valence-corrected chi connectivity index (χ1v) is 5.88. The molecular formula is C13H19NO2. The van der Waals surface area contributed by atoms with Gasteiger partial charge < -0.3 is 15.5 Å². The Kier molecular flexibility index (Phi) is 3.59. The first-order chi connectivity index (χ1) is 7.76. The number of hydrogen-bond donors (Lipinski definition) is 3. The van der Waals surface area contributed by atoms with Crippen LogP contribution in [-0.2, 0) is 12.0 Å².